The molecular formula is C15H12N2O2. The first-order valence-corrected chi connectivity index (χ1v) is 5.69. The van der Waals surface area contributed by atoms with Crippen molar-refractivity contribution in [3.05, 3.63) is 65.8 Å². The molecule has 0 radical (unpaired) electrons. The molecule has 0 saturated heterocycles. The molecule has 0 aliphatic carbocycles. The fraction of sp³-hybridized carbons (Fsp3) is 0. The summed E-state index contributed by atoms with van der Waals surface area (Å²) < 4.78 is 0. The van der Waals surface area contributed by atoms with Gasteiger partial charge in [-0.3, -0.25) is 9.97 Å². The first kappa shape index (κ1) is 12.7. The highest BCUT2D eigenvalue weighted by Crippen LogP contribution is 2.07. The molecule has 0 amide bonds. The molecular weight excluding hydrogens is 240 g/mol. The van der Waals surface area contributed by atoms with Crippen LogP contribution in [0, 0.1) is 0 Å². The highest BCUT2D eigenvalue weighted by Gasteiger charge is 1.92. The second-order valence-corrected chi connectivity index (χ2v) is 3.80. The summed E-state index contributed by atoms with van der Waals surface area (Å²) in [6.07, 6.45) is 11.5. The number of carbonyl (C=O) groups is 1. The lowest BCUT2D eigenvalue weighted by Gasteiger charge is -1.95. The molecule has 0 saturated carbocycles. The standard InChI is InChI=1S/C15H12N2O2/c18-15(19)6-3-13-2-5-14(17-11-13)4-1-12-7-9-16-10-8-12/h1-11H,(H,18,19)/b4-1+,6-3+. The van der Waals surface area contributed by atoms with Crippen LogP contribution in [0.2, 0.25) is 0 Å². The van der Waals surface area contributed by atoms with E-state index in [9.17, 15) is 4.79 Å². The van der Waals surface area contributed by atoms with Crippen LogP contribution in [0.4, 0.5) is 0 Å². The van der Waals surface area contributed by atoms with E-state index in [-0.39, 0.29) is 0 Å². The summed E-state index contributed by atoms with van der Waals surface area (Å²) in [5.74, 6) is -0.971. The molecule has 2 heterocycles. The molecule has 0 aliphatic rings. The van der Waals surface area contributed by atoms with Crippen molar-refractivity contribution in [2.24, 2.45) is 0 Å². The van der Waals surface area contributed by atoms with Gasteiger partial charge in [-0.25, -0.2) is 4.79 Å². The van der Waals surface area contributed by atoms with Crippen LogP contribution in [0.15, 0.2) is 48.9 Å². The predicted octanol–water partition coefficient (Wildman–Crippen LogP) is 2.74. The Labute approximate surface area is 110 Å². The largest absolute Gasteiger partial charge is 0.478 e. The third-order valence-corrected chi connectivity index (χ3v) is 2.38. The highest BCUT2D eigenvalue weighted by molar-refractivity contribution is 5.85. The number of rotatable bonds is 4. The van der Waals surface area contributed by atoms with Crippen molar-refractivity contribution in [3.8, 4) is 0 Å². The molecule has 2 aromatic rings. The Morgan fingerprint density at radius 1 is 1.00 bits per heavy atom. The van der Waals surface area contributed by atoms with Gasteiger partial charge in [0.1, 0.15) is 0 Å². The number of hydrogen-bond acceptors (Lipinski definition) is 3. The smallest absolute Gasteiger partial charge is 0.328 e. The van der Waals surface area contributed by atoms with Gasteiger partial charge in [-0.1, -0.05) is 12.1 Å². The average molecular weight is 252 g/mol. The molecule has 2 aromatic heterocycles. The summed E-state index contributed by atoms with van der Waals surface area (Å²) >= 11 is 0. The van der Waals surface area contributed by atoms with Gasteiger partial charge in [0.15, 0.2) is 0 Å². The number of hydrogen-bond donors (Lipinski definition) is 1. The van der Waals surface area contributed by atoms with Gasteiger partial charge in [0.05, 0.1) is 5.69 Å². The molecule has 0 unspecified atom stereocenters. The Morgan fingerprint density at radius 2 is 1.79 bits per heavy atom. The fourth-order valence-electron chi connectivity index (χ4n) is 1.44. The summed E-state index contributed by atoms with van der Waals surface area (Å²) in [6, 6.07) is 7.46. The van der Waals surface area contributed by atoms with E-state index in [1.807, 2.05) is 36.4 Å². The van der Waals surface area contributed by atoms with Crippen LogP contribution >= 0.6 is 0 Å². The van der Waals surface area contributed by atoms with E-state index in [4.69, 9.17) is 5.11 Å². The number of carboxylic acid groups (broad SMARTS) is 1. The van der Waals surface area contributed by atoms with Gasteiger partial charge in [-0.15, -0.1) is 0 Å². The van der Waals surface area contributed by atoms with E-state index in [0.717, 1.165) is 22.9 Å². The summed E-state index contributed by atoms with van der Waals surface area (Å²) in [5, 5.41) is 8.52. The Hall–Kier alpha value is -2.75. The maximum atomic E-state index is 10.4. The zero-order valence-corrected chi connectivity index (χ0v) is 10.1. The van der Waals surface area contributed by atoms with E-state index in [1.165, 1.54) is 6.08 Å². The Bertz CT molecular complexity index is 602. The molecule has 0 atom stereocenters. The van der Waals surface area contributed by atoms with Crippen LogP contribution in [-0.2, 0) is 4.79 Å². The highest BCUT2D eigenvalue weighted by atomic mass is 16.4. The van der Waals surface area contributed by atoms with E-state index in [0.29, 0.717) is 0 Å². The SMILES string of the molecule is O=C(O)/C=C/c1ccc(/C=C/c2ccncc2)nc1. The minimum absolute atomic E-state index is 0.753. The Morgan fingerprint density at radius 3 is 2.42 bits per heavy atom. The molecule has 0 spiro atoms. The second-order valence-electron chi connectivity index (χ2n) is 3.80. The van der Waals surface area contributed by atoms with E-state index in [1.54, 1.807) is 18.6 Å². The molecule has 0 aromatic carbocycles. The van der Waals surface area contributed by atoms with Gasteiger partial charge in [0, 0.05) is 24.7 Å². The van der Waals surface area contributed by atoms with E-state index in [2.05, 4.69) is 9.97 Å². The minimum Gasteiger partial charge on any atom is -0.478 e. The van der Waals surface area contributed by atoms with Gasteiger partial charge < -0.3 is 5.11 Å². The van der Waals surface area contributed by atoms with Crippen molar-refractivity contribution in [2.45, 2.75) is 0 Å². The summed E-state index contributed by atoms with van der Waals surface area (Å²) in [6.45, 7) is 0. The number of nitrogens with zero attached hydrogens (tertiary/aromatic N) is 2. The maximum Gasteiger partial charge on any atom is 0.328 e. The Balaban J connectivity index is 2.07. The van der Waals surface area contributed by atoms with Crippen LogP contribution in [0.5, 0.6) is 0 Å². The second kappa shape index (κ2) is 6.26. The molecule has 2 rings (SSSR count). The van der Waals surface area contributed by atoms with Crippen LogP contribution in [-0.4, -0.2) is 21.0 Å². The number of pyridine rings is 2. The van der Waals surface area contributed by atoms with Gasteiger partial charge in [0.2, 0.25) is 0 Å². The third kappa shape index (κ3) is 4.20. The van der Waals surface area contributed by atoms with Gasteiger partial charge in [-0.2, -0.15) is 0 Å². The van der Waals surface area contributed by atoms with E-state index < -0.39 is 5.97 Å². The lowest BCUT2D eigenvalue weighted by Crippen LogP contribution is -1.86. The molecule has 19 heavy (non-hydrogen) atoms. The van der Waals surface area contributed by atoms with Crippen molar-refractivity contribution in [1.29, 1.82) is 0 Å². The Kier molecular flexibility index (Phi) is 4.18. The third-order valence-electron chi connectivity index (χ3n) is 2.38. The topological polar surface area (TPSA) is 63.1 Å². The quantitative estimate of drug-likeness (QED) is 0.850. The van der Waals surface area contributed by atoms with Crippen molar-refractivity contribution < 1.29 is 9.90 Å². The zero-order valence-electron chi connectivity index (χ0n) is 10.1. The summed E-state index contributed by atoms with van der Waals surface area (Å²) in [4.78, 5) is 18.5. The summed E-state index contributed by atoms with van der Waals surface area (Å²) in [5.41, 5.74) is 2.61. The number of aliphatic carboxylic acids is 1. The summed E-state index contributed by atoms with van der Waals surface area (Å²) in [7, 11) is 0. The van der Waals surface area contributed by atoms with Crippen molar-refractivity contribution >= 4 is 24.2 Å². The van der Waals surface area contributed by atoms with E-state index >= 15 is 0 Å². The van der Waals surface area contributed by atoms with Crippen LogP contribution in [0.25, 0.3) is 18.2 Å². The van der Waals surface area contributed by atoms with Gasteiger partial charge in [0.25, 0.3) is 0 Å². The van der Waals surface area contributed by atoms with Crippen LogP contribution in [0.3, 0.4) is 0 Å². The zero-order chi connectivity index (χ0) is 13.5. The molecule has 1 N–H and O–H groups in total. The molecule has 4 nitrogen and oxygen atoms in total. The molecule has 0 fully saturated rings. The maximum absolute atomic E-state index is 10.4. The van der Waals surface area contributed by atoms with Crippen molar-refractivity contribution in [3.63, 3.8) is 0 Å². The van der Waals surface area contributed by atoms with Crippen LogP contribution in [0.1, 0.15) is 16.8 Å². The lowest BCUT2D eigenvalue weighted by atomic mass is 10.2. The normalized spacial score (nSPS) is 11.2. The molecule has 0 bridgehead atoms. The van der Waals surface area contributed by atoms with Crippen molar-refractivity contribution in [2.75, 3.05) is 0 Å². The average Bonchev–Trinajstić information content (AvgIpc) is 2.45. The fourth-order valence-corrected chi connectivity index (χ4v) is 1.44. The molecule has 94 valence electrons. The first-order chi connectivity index (χ1) is 9.24. The predicted molar refractivity (Wildman–Crippen MR) is 74.1 cm³/mol. The van der Waals surface area contributed by atoms with Crippen LogP contribution < -0.4 is 0 Å². The molecule has 0 aliphatic heterocycles. The number of carboxylic acids is 1. The number of aromatic nitrogens is 2. The lowest BCUT2D eigenvalue weighted by molar-refractivity contribution is -0.131. The van der Waals surface area contributed by atoms with Gasteiger partial charge >= 0.3 is 5.97 Å². The molecule has 4 heteroatoms. The monoisotopic (exact) mass is 252 g/mol. The van der Waals surface area contributed by atoms with Crippen molar-refractivity contribution in [1.82, 2.24) is 9.97 Å². The van der Waals surface area contributed by atoms with Gasteiger partial charge in [-0.05, 0) is 41.5 Å². The minimum atomic E-state index is -0.971. The first-order valence-electron chi connectivity index (χ1n) is 5.69.